The van der Waals surface area contributed by atoms with Crippen molar-refractivity contribution < 1.29 is 23.5 Å². The zero-order valence-corrected chi connectivity index (χ0v) is 30.3. The van der Waals surface area contributed by atoms with Crippen molar-refractivity contribution in [2.45, 2.75) is 154 Å². The van der Waals surface area contributed by atoms with E-state index in [0.29, 0.717) is 24.7 Å². The number of carboxylic acid groups (broad SMARTS) is 1. The summed E-state index contributed by atoms with van der Waals surface area (Å²) in [5, 5.41) is 10.4. The molecule has 7 heteroatoms. The van der Waals surface area contributed by atoms with Gasteiger partial charge >= 0.3 is 5.97 Å². The van der Waals surface area contributed by atoms with Crippen LogP contribution in [0.25, 0.3) is 0 Å². The lowest BCUT2D eigenvalue weighted by Gasteiger charge is -2.48. The zero-order chi connectivity index (χ0) is 31.6. The topological polar surface area (TPSA) is 68.3 Å². The minimum absolute atomic E-state index is 0.0573. The number of aryl methyl sites for hydroxylation is 1. The molecule has 0 spiro atoms. The molecule has 1 aromatic carbocycles. The first kappa shape index (κ1) is 35.2. The minimum Gasteiger partial charge on any atom is -0.477 e. The summed E-state index contributed by atoms with van der Waals surface area (Å²) in [6.07, 6.45) is 9.37. The summed E-state index contributed by atoms with van der Waals surface area (Å²) < 4.78 is 19.7. The number of hydrogen-bond acceptors (Lipinski definition) is 4. The lowest BCUT2D eigenvalue weighted by molar-refractivity contribution is -0.194. The molecule has 1 heterocycles. The molecule has 0 radical (unpaired) electrons. The third-order valence-electron chi connectivity index (χ3n) is 10.8. The van der Waals surface area contributed by atoms with Crippen LogP contribution in [-0.2, 0) is 24.8 Å². The lowest BCUT2D eigenvalue weighted by atomic mass is 9.85. The van der Waals surface area contributed by atoms with Crippen molar-refractivity contribution in [3.8, 4) is 0 Å². The Morgan fingerprint density at radius 2 is 1.50 bits per heavy atom. The normalized spacial score (nSPS) is 23.8. The standard InChI is InChI=1S/C35H60O5Si2/c1-26-21-22-28(20-16-15-19-27-17-13-12-14-18-27)29(26)25-31-30(38-31)23-24-35(32(36)37,39-41(8,9)33(2,3)4)40-42(10,11)34(5,6)7/h12-14,17-18,28-31H,1,15-16,19-25H2,2-11H3,(H,36,37)/t28-,29-,30?,31+/m0/s1. The predicted molar refractivity (Wildman–Crippen MR) is 179 cm³/mol. The molecule has 3 rings (SSSR count). The van der Waals surface area contributed by atoms with Crippen molar-refractivity contribution in [3.63, 3.8) is 0 Å². The number of unbranched alkanes of at least 4 members (excludes halogenated alkanes) is 1. The molecule has 2 aliphatic rings. The number of allylic oxidation sites excluding steroid dienone is 1. The maximum atomic E-state index is 13.1. The SMILES string of the molecule is C=C1CC[C@H](CCCCc2ccccc2)[C@H]1C[C@H]1OC1CCC(O[Si](C)(C)C(C)(C)C)(O[Si](C)(C)C(C)(C)C)C(=O)O. The van der Waals surface area contributed by atoms with Crippen LogP contribution < -0.4 is 0 Å². The van der Waals surface area contributed by atoms with Gasteiger partial charge in [0.25, 0.3) is 5.79 Å². The van der Waals surface area contributed by atoms with Crippen molar-refractivity contribution in [2.24, 2.45) is 11.8 Å². The molecule has 1 aliphatic heterocycles. The molecule has 0 amide bonds. The fraction of sp³-hybridized carbons (Fsp3) is 0.743. The molecule has 0 bridgehead atoms. The molecule has 2 fully saturated rings. The van der Waals surface area contributed by atoms with E-state index in [1.165, 1.54) is 36.8 Å². The Kier molecular flexibility index (Phi) is 11.2. The minimum atomic E-state index is -2.45. The van der Waals surface area contributed by atoms with Gasteiger partial charge in [-0.05, 0) is 98.6 Å². The van der Waals surface area contributed by atoms with Gasteiger partial charge < -0.3 is 18.7 Å². The van der Waals surface area contributed by atoms with Gasteiger partial charge in [0.15, 0.2) is 16.6 Å². The molecular weight excluding hydrogens is 557 g/mol. The van der Waals surface area contributed by atoms with Gasteiger partial charge in [-0.25, -0.2) is 4.79 Å². The van der Waals surface area contributed by atoms with Crippen molar-refractivity contribution in [2.75, 3.05) is 0 Å². The van der Waals surface area contributed by atoms with E-state index in [9.17, 15) is 9.90 Å². The van der Waals surface area contributed by atoms with Crippen LogP contribution in [0.15, 0.2) is 42.5 Å². The second kappa shape index (κ2) is 13.4. The van der Waals surface area contributed by atoms with Gasteiger partial charge in [-0.15, -0.1) is 0 Å². The van der Waals surface area contributed by atoms with Crippen molar-refractivity contribution in [1.82, 2.24) is 0 Å². The molecule has 1 saturated heterocycles. The van der Waals surface area contributed by atoms with Crippen molar-refractivity contribution >= 4 is 22.6 Å². The van der Waals surface area contributed by atoms with Gasteiger partial charge in [0, 0.05) is 6.42 Å². The number of carboxylic acids is 1. The van der Waals surface area contributed by atoms with E-state index in [4.69, 9.17) is 13.6 Å². The predicted octanol–water partition coefficient (Wildman–Crippen LogP) is 9.74. The molecule has 1 N–H and O–H groups in total. The summed E-state index contributed by atoms with van der Waals surface area (Å²) in [7, 11) is -4.90. The van der Waals surface area contributed by atoms with Crippen LogP contribution in [0.3, 0.4) is 0 Å². The number of benzene rings is 1. The second-order valence-corrected chi connectivity index (χ2v) is 25.5. The Labute approximate surface area is 259 Å². The first-order chi connectivity index (χ1) is 19.3. The summed E-state index contributed by atoms with van der Waals surface area (Å²) in [4.78, 5) is 13.1. The highest BCUT2D eigenvalue weighted by molar-refractivity contribution is 6.75. The third-order valence-corrected chi connectivity index (χ3v) is 19.7. The monoisotopic (exact) mass is 616 g/mol. The summed E-state index contributed by atoms with van der Waals surface area (Å²) in [6.45, 7) is 25.8. The molecule has 238 valence electrons. The first-order valence-corrected chi connectivity index (χ1v) is 22.1. The van der Waals surface area contributed by atoms with E-state index in [1.54, 1.807) is 0 Å². The van der Waals surface area contributed by atoms with Crippen molar-refractivity contribution in [1.29, 1.82) is 0 Å². The molecular formula is C35H60O5Si2. The zero-order valence-electron chi connectivity index (χ0n) is 28.3. The summed E-state index contributed by atoms with van der Waals surface area (Å²) in [5.41, 5.74) is 2.80. The summed E-state index contributed by atoms with van der Waals surface area (Å²) in [6, 6.07) is 10.8. The van der Waals surface area contributed by atoms with E-state index in [0.717, 1.165) is 19.3 Å². The van der Waals surface area contributed by atoms with Crippen LogP contribution in [0.2, 0.25) is 36.3 Å². The number of hydrogen-bond donors (Lipinski definition) is 1. The van der Waals surface area contributed by atoms with Gasteiger partial charge in [-0.1, -0.05) is 90.4 Å². The van der Waals surface area contributed by atoms with Gasteiger partial charge in [0.05, 0.1) is 12.2 Å². The largest absolute Gasteiger partial charge is 0.477 e. The van der Waals surface area contributed by atoms with Crippen LogP contribution in [0, 0.1) is 11.8 Å². The van der Waals surface area contributed by atoms with E-state index >= 15 is 0 Å². The Morgan fingerprint density at radius 3 is 2.02 bits per heavy atom. The second-order valence-electron chi connectivity index (χ2n) is 16.1. The third kappa shape index (κ3) is 8.90. The number of aliphatic carboxylic acids is 1. The fourth-order valence-corrected chi connectivity index (χ4v) is 8.65. The Bertz CT molecular complexity index is 1030. The molecule has 1 unspecified atom stereocenters. The number of rotatable bonds is 15. The van der Waals surface area contributed by atoms with Crippen LogP contribution in [0.4, 0.5) is 0 Å². The van der Waals surface area contributed by atoms with Crippen LogP contribution in [0.1, 0.15) is 98.5 Å². The Hall–Kier alpha value is -1.26. The maximum Gasteiger partial charge on any atom is 0.362 e. The molecule has 1 saturated carbocycles. The van der Waals surface area contributed by atoms with Gasteiger partial charge in [0.2, 0.25) is 0 Å². The summed E-state index contributed by atoms with van der Waals surface area (Å²) >= 11 is 0. The summed E-state index contributed by atoms with van der Waals surface area (Å²) in [5.74, 6) is -1.47. The van der Waals surface area contributed by atoms with E-state index in [2.05, 4.69) is 105 Å². The molecule has 5 nitrogen and oxygen atoms in total. The highest BCUT2D eigenvalue weighted by atomic mass is 28.4. The van der Waals surface area contributed by atoms with Crippen LogP contribution >= 0.6 is 0 Å². The smallest absolute Gasteiger partial charge is 0.362 e. The Balaban J connectivity index is 1.63. The number of epoxide rings is 1. The Morgan fingerprint density at radius 1 is 0.929 bits per heavy atom. The first-order valence-electron chi connectivity index (χ1n) is 16.3. The molecule has 1 aromatic rings. The molecule has 42 heavy (non-hydrogen) atoms. The maximum absolute atomic E-state index is 13.1. The molecule has 0 aromatic heterocycles. The highest BCUT2D eigenvalue weighted by Gasteiger charge is 2.56. The van der Waals surface area contributed by atoms with Crippen LogP contribution in [0.5, 0.6) is 0 Å². The highest BCUT2D eigenvalue weighted by Crippen LogP contribution is 2.48. The van der Waals surface area contributed by atoms with E-state index in [1.807, 2.05) is 0 Å². The average Bonchev–Trinajstić information content (AvgIpc) is 3.53. The lowest BCUT2D eigenvalue weighted by Crippen LogP contribution is -2.60. The van der Waals surface area contributed by atoms with E-state index < -0.39 is 28.4 Å². The molecule has 4 atom stereocenters. The van der Waals surface area contributed by atoms with Crippen molar-refractivity contribution in [3.05, 3.63) is 48.0 Å². The molecule has 1 aliphatic carbocycles. The van der Waals surface area contributed by atoms with E-state index in [-0.39, 0.29) is 22.3 Å². The number of carbonyl (C=O) groups is 1. The quantitative estimate of drug-likeness (QED) is 0.0698. The fourth-order valence-electron chi connectivity index (χ4n) is 5.85. The van der Waals surface area contributed by atoms with Gasteiger partial charge in [-0.2, -0.15) is 0 Å². The number of ether oxygens (including phenoxy) is 1. The van der Waals surface area contributed by atoms with Crippen LogP contribution in [-0.4, -0.2) is 45.7 Å². The average molecular weight is 617 g/mol. The van der Waals surface area contributed by atoms with Gasteiger partial charge in [-0.3, -0.25) is 0 Å². The van der Waals surface area contributed by atoms with Gasteiger partial charge in [0.1, 0.15) is 0 Å².